The third-order valence-electron chi connectivity index (χ3n) is 4.82. The number of benzene rings is 1. The van der Waals surface area contributed by atoms with Crippen LogP contribution < -0.4 is 15.4 Å². The number of nitrogens with zero attached hydrogens (tertiary/aromatic N) is 2. The van der Waals surface area contributed by atoms with Gasteiger partial charge in [0.05, 0.1) is 26.4 Å². The molecule has 1 fully saturated rings. The molecular weight excluding hydrogens is 368 g/mol. The summed E-state index contributed by atoms with van der Waals surface area (Å²) in [5, 5.41) is 6.77. The zero-order valence-electron chi connectivity index (χ0n) is 18.3. The van der Waals surface area contributed by atoms with E-state index in [0.717, 1.165) is 69.6 Å². The summed E-state index contributed by atoms with van der Waals surface area (Å²) in [4.78, 5) is 7.22. The lowest BCUT2D eigenvalue weighted by atomic mass is 10.1. The molecule has 1 aliphatic rings. The lowest BCUT2D eigenvalue weighted by Gasteiger charge is -2.26. The second kappa shape index (κ2) is 14.2. The summed E-state index contributed by atoms with van der Waals surface area (Å²) in [6.45, 7) is 12.6. The minimum Gasteiger partial charge on any atom is -0.491 e. The molecule has 0 aliphatic carbocycles. The average Bonchev–Trinajstić information content (AvgIpc) is 2.73. The maximum Gasteiger partial charge on any atom is 0.191 e. The van der Waals surface area contributed by atoms with Crippen molar-refractivity contribution >= 4 is 5.96 Å². The fourth-order valence-corrected chi connectivity index (χ4v) is 3.16. The highest BCUT2D eigenvalue weighted by Gasteiger charge is 2.09. The van der Waals surface area contributed by atoms with E-state index in [0.29, 0.717) is 19.8 Å². The van der Waals surface area contributed by atoms with Crippen molar-refractivity contribution in [3.8, 4) is 5.75 Å². The zero-order valence-corrected chi connectivity index (χ0v) is 18.3. The summed E-state index contributed by atoms with van der Waals surface area (Å²) in [5.41, 5.74) is 2.26. The molecule has 0 amide bonds. The van der Waals surface area contributed by atoms with Gasteiger partial charge in [-0.1, -0.05) is 12.1 Å². The van der Waals surface area contributed by atoms with Crippen LogP contribution in [0.4, 0.5) is 0 Å². The smallest absolute Gasteiger partial charge is 0.191 e. The van der Waals surface area contributed by atoms with Crippen molar-refractivity contribution in [1.29, 1.82) is 0 Å². The maximum absolute atomic E-state index is 5.87. The number of guanidine groups is 1. The summed E-state index contributed by atoms with van der Waals surface area (Å²) in [5.74, 6) is 1.73. The number of morpholine rings is 1. The molecule has 164 valence electrons. The molecule has 7 nitrogen and oxygen atoms in total. The van der Waals surface area contributed by atoms with Crippen molar-refractivity contribution in [1.82, 2.24) is 15.5 Å². The fraction of sp³-hybridized carbons (Fsp3) is 0.682. The predicted octanol–water partition coefficient (Wildman–Crippen LogP) is 2.19. The number of rotatable bonds is 12. The van der Waals surface area contributed by atoms with Gasteiger partial charge in [-0.25, -0.2) is 4.99 Å². The van der Waals surface area contributed by atoms with Crippen LogP contribution in [-0.2, 0) is 16.0 Å². The Hall–Kier alpha value is -1.83. The van der Waals surface area contributed by atoms with Crippen molar-refractivity contribution in [2.45, 2.75) is 33.2 Å². The van der Waals surface area contributed by atoms with Crippen molar-refractivity contribution < 1.29 is 14.2 Å². The molecule has 29 heavy (non-hydrogen) atoms. The minimum absolute atomic E-state index is 0.540. The third-order valence-corrected chi connectivity index (χ3v) is 4.82. The lowest BCUT2D eigenvalue weighted by Crippen LogP contribution is -2.39. The van der Waals surface area contributed by atoms with Crippen LogP contribution in [-0.4, -0.2) is 77.1 Å². The number of unbranched alkanes of at least 4 members (excludes halogenated alkanes) is 1. The molecule has 0 unspecified atom stereocenters. The van der Waals surface area contributed by atoms with E-state index < -0.39 is 0 Å². The van der Waals surface area contributed by atoms with Gasteiger partial charge in [-0.3, -0.25) is 4.90 Å². The highest BCUT2D eigenvalue weighted by atomic mass is 16.5. The van der Waals surface area contributed by atoms with Gasteiger partial charge in [-0.15, -0.1) is 0 Å². The van der Waals surface area contributed by atoms with E-state index in [2.05, 4.69) is 47.6 Å². The number of hydrogen-bond donors (Lipinski definition) is 2. The first-order chi connectivity index (χ1) is 14.2. The van der Waals surface area contributed by atoms with Crippen LogP contribution in [0.25, 0.3) is 0 Å². The Labute approximate surface area is 175 Å². The van der Waals surface area contributed by atoms with Crippen LogP contribution in [0.1, 0.15) is 30.9 Å². The standard InChI is InChI=1S/C22H38N4O3/c1-4-23-22(24-9-5-6-10-26-11-13-28-14-12-26)25-18-20-8-7-19(2)17-21(20)29-16-15-27-3/h7-8,17H,4-6,9-16,18H2,1-3H3,(H2,23,24,25). The normalized spacial score (nSPS) is 15.3. The fourth-order valence-electron chi connectivity index (χ4n) is 3.16. The van der Waals surface area contributed by atoms with Crippen molar-refractivity contribution in [3.05, 3.63) is 29.3 Å². The van der Waals surface area contributed by atoms with Gasteiger partial charge in [0.25, 0.3) is 0 Å². The molecule has 0 saturated carbocycles. The number of nitrogens with one attached hydrogen (secondary N) is 2. The van der Waals surface area contributed by atoms with Crippen LogP contribution in [0, 0.1) is 6.92 Å². The van der Waals surface area contributed by atoms with Crippen LogP contribution in [0.5, 0.6) is 5.75 Å². The molecule has 1 aliphatic heterocycles. The number of hydrogen-bond acceptors (Lipinski definition) is 5. The second-order valence-corrected chi connectivity index (χ2v) is 7.24. The summed E-state index contributed by atoms with van der Waals surface area (Å²) < 4.78 is 16.4. The van der Waals surface area contributed by atoms with E-state index in [4.69, 9.17) is 19.2 Å². The number of aryl methyl sites for hydroxylation is 1. The largest absolute Gasteiger partial charge is 0.491 e. The molecule has 7 heteroatoms. The minimum atomic E-state index is 0.540. The number of ether oxygens (including phenoxy) is 3. The van der Waals surface area contributed by atoms with Gasteiger partial charge >= 0.3 is 0 Å². The molecule has 1 saturated heterocycles. The molecule has 1 aromatic rings. The van der Waals surface area contributed by atoms with E-state index in [9.17, 15) is 0 Å². The van der Waals surface area contributed by atoms with Crippen molar-refractivity contribution in [2.75, 3.05) is 66.3 Å². The molecule has 0 radical (unpaired) electrons. The molecular formula is C22H38N4O3. The molecule has 2 rings (SSSR count). The maximum atomic E-state index is 5.87. The van der Waals surface area contributed by atoms with E-state index in [1.165, 1.54) is 12.0 Å². The SMILES string of the molecule is CCNC(=NCc1ccc(C)cc1OCCOC)NCCCCN1CCOCC1. The van der Waals surface area contributed by atoms with Gasteiger partial charge in [0.2, 0.25) is 0 Å². The Kier molecular flexibility index (Phi) is 11.5. The van der Waals surface area contributed by atoms with Gasteiger partial charge < -0.3 is 24.8 Å². The van der Waals surface area contributed by atoms with Gasteiger partial charge in [0.15, 0.2) is 5.96 Å². The summed E-state index contributed by atoms with van der Waals surface area (Å²) in [6.07, 6.45) is 2.31. The first kappa shape index (κ1) is 23.4. The highest BCUT2D eigenvalue weighted by Crippen LogP contribution is 2.21. The van der Waals surface area contributed by atoms with Crippen LogP contribution >= 0.6 is 0 Å². The molecule has 0 bridgehead atoms. The average molecular weight is 407 g/mol. The Bertz CT molecular complexity index is 604. The Morgan fingerprint density at radius 1 is 1.17 bits per heavy atom. The van der Waals surface area contributed by atoms with E-state index in [-0.39, 0.29) is 0 Å². The Balaban J connectivity index is 1.80. The monoisotopic (exact) mass is 406 g/mol. The van der Waals surface area contributed by atoms with Gasteiger partial charge in [0, 0.05) is 38.9 Å². The predicted molar refractivity (Wildman–Crippen MR) is 118 cm³/mol. The molecule has 0 spiro atoms. The van der Waals surface area contributed by atoms with E-state index in [1.54, 1.807) is 7.11 Å². The Morgan fingerprint density at radius 2 is 2.00 bits per heavy atom. The van der Waals surface area contributed by atoms with Crippen LogP contribution in [0.2, 0.25) is 0 Å². The van der Waals surface area contributed by atoms with Gasteiger partial charge in [-0.2, -0.15) is 0 Å². The number of aliphatic imine (C=N–C) groups is 1. The molecule has 1 aromatic carbocycles. The number of methoxy groups -OCH3 is 1. The van der Waals surface area contributed by atoms with Gasteiger partial charge in [-0.05, 0) is 44.9 Å². The van der Waals surface area contributed by atoms with E-state index >= 15 is 0 Å². The highest BCUT2D eigenvalue weighted by molar-refractivity contribution is 5.79. The van der Waals surface area contributed by atoms with Crippen LogP contribution in [0.15, 0.2) is 23.2 Å². The topological polar surface area (TPSA) is 67.4 Å². The molecule has 0 atom stereocenters. The quantitative estimate of drug-likeness (QED) is 0.315. The first-order valence-corrected chi connectivity index (χ1v) is 10.8. The van der Waals surface area contributed by atoms with Crippen LogP contribution in [0.3, 0.4) is 0 Å². The second-order valence-electron chi connectivity index (χ2n) is 7.24. The summed E-state index contributed by atoms with van der Waals surface area (Å²) >= 11 is 0. The molecule has 0 aromatic heterocycles. The van der Waals surface area contributed by atoms with E-state index in [1.807, 2.05) is 0 Å². The van der Waals surface area contributed by atoms with Crippen molar-refractivity contribution in [2.24, 2.45) is 4.99 Å². The zero-order chi connectivity index (χ0) is 20.7. The Morgan fingerprint density at radius 3 is 2.76 bits per heavy atom. The lowest BCUT2D eigenvalue weighted by molar-refractivity contribution is 0.0372. The molecule has 2 N–H and O–H groups in total. The van der Waals surface area contributed by atoms with Gasteiger partial charge in [0.1, 0.15) is 12.4 Å². The van der Waals surface area contributed by atoms with Crippen molar-refractivity contribution in [3.63, 3.8) is 0 Å². The third kappa shape index (κ3) is 9.47. The summed E-state index contributed by atoms with van der Waals surface area (Å²) in [6, 6.07) is 6.25. The summed E-state index contributed by atoms with van der Waals surface area (Å²) in [7, 11) is 1.68. The first-order valence-electron chi connectivity index (χ1n) is 10.8. The molecule has 1 heterocycles.